The first kappa shape index (κ1) is 22.6. The van der Waals surface area contributed by atoms with Gasteiger partial charge >= 0.3 is 5.43 Å². The Labute approximate surface area is 146 Å². The summed E-state index contributed by atoms with van der Waals surface area (Å²) < 4.78 is 22.2. The zero-order valence-corrected chi connectivity index (χ0v) is 13.6. The molecule has 0 spiro atoms. The second kappa shape index (κ2) is 36.6. The number of azide groups is 1. The van der Waals surface area contributed by atoms with Gasteiger partial charge in [0.15, 0.2) is 1.37 Å². The third-order valence-electron chi connectivity index (χ3n) is 0.783. The lowest BCUT2D eigenvalue weighted by molar-refractivity contribution is -0.122. The minimum Gasteiger partial charge on any atom is -0.483 e. The maximum Gasteiger partial charge on any atom is 0.403 e. The van der Waals surface area contributed by atoms with Crippen molar-refractivity contribution in [3.05, 3.63) is 10.4 Å². The highest BCUT2D eigenvalue weighted by atomic mass is 79.9. The van der Waals surface area contributed by atoms with Crippen molar-refractivity contribution in [1.29, 1.82) is 0 Å². The Kier molecular flexibility index (Phi) is 37.6. The third kappa shape index (κ3) is 102. The second-order valence-electron chi connectivity index (χ2n) is 2.85. The molecule has 0 aliphatic heterocycles. The van der Waals surface area contributed by atoms with Crippen LogP contribution in [0.4, 0.5) is 4.79 Å². The van der Waals surface area contributed by atoms with E-state index in [9.17, 15) is 14.4 Å². The van der Waals surface area contributed by atoms with Crippen molar-refractivity contribution >= 4 is 51.9 Å². The number of ether oxygens (including phenoxy) is 1. The minimum atomic E-state index is -1.58. The Hall–Kier alpha value is -1.64. The molecular weight excluding hydrogens is 385 g/mol. The van der Waals surface area contributed by atoms with E-state index in [1.807, 2.05) is 13.8 Å². The van der Waals surface area contributed by atoms with Gasteiger partial charge in [0.05, 0.1) is 18.5 Å². The van der Waals surface area contributed by atoms with Crippen molar-refractivity contribution in [1.82, 2.24) is 0 Å². The van der Waals surface area contributed by atoms with E-state index < -0.39 is 24.4 Å². The molecule has 0 aromatic rings. The second-order valence-corrected chi connectivity index (χ2v) is 3.71. The van der Waals surface area contributed by atoms with Gasteiger partial charge in [-0.25, -0.2) is 4.79 Å². The lowest BCUT2D eigenvalue weighted by Gasteiger charge is -2.00. The number of aldehydes is 2. The van der Waals surface area contributed by atoms with Gasteiger partial charge < -0.3 is 19.4 Å². The summed E-state index contributed by atoms with van der Waals surface area (Å²) in [6.07, 6.45) is -3.03. The molecule has 0 aliphatic rings. The fraction of sp³-hybridized carbons (Fsp3) is 0.636. The monoisotopic (exact) mass is 408 g/mol. The summed E-state index contributed by atoms with van der Waals surface area (Å²) in [5.74, 6) is 0.359. The average molecular weight is 410 g/mol. The number of nitrogens with zero attached hydrogens (tertiary/aromatic N) is 3. The molecule has 0 aliphatic carbocycles. The van der Waals surface area contributed by atoms with Crippen LogP contribution < -0.4 is 0 Å². The van der Waals surface area contributed by atoms with Crippen molar-refractivity contribution in [3.8, 4) is 0 Å². The molecule has 0 bridgehead atoms. The zero-order valence-electron chi connectivity index (χ0n) is 14.3. The number of alkyl halides is 1. The predicted molar refractivity (Wildman–Crippen MR) is 87.4 cm³/mol. The van der Waals surface area contributed by atoms with Crippen LogP contribution in [0.15, 0.2) is 5.11 Å². The highest BCUT2D eigenvalue weighted by molar-refractivity contribution is 9.09. The van der Waals surface area contributed by atoms with Gasteiger partial charge in [-0.05, 0) is 11.4 Å². The summed E-state index contributed by atoms with van der Waals surface area (Å²) in [6.45, 7) is 3.93. The first-order valence-electron chi connectivity index (χ1n) is 6.48. The van der Waals surface area contributed by atoms with Crippen LogP contribution in [0.3, 0.4) is 0 Å². The summed E-state index contributed by atoms with van der Waals surface area (Å²) in [6, 6.07) is 0. The minimum absolute atomic E-state index is 0. The molecule has 0 amide bonds. The fourth-order valence-corrected chi connectivity index (χ4v) is 0.356. The molecule has 0 aromatic heterocycles. The lowest BCUT2D eigenvalue weighted by Crippen LogP contribution is -2.02. The molecular formula is C11H21BrClN3O6. The van der Waals surface area contributed by atoms with Crippen molar-refractivity contribution in [2.75, 3.05) is 18.5 Å². The van der Waals surface area contributed by atoms with Crippen LogP contribution in [-0.2, 0) is 19.1 Å². The quantitative estimate of drug-likeness (QED) is 0.184. The summed E-state index contributed by atoms with van der Waals surface area (Å²) in [5.41, 5.74) is 6.81. The van der Waals surface area contributed by atoms with Gasteiger partial charge in [0, 0.05) is 16.5 Å². The maximum atomic E-state index is 9.89. The zero-order chi connectivity index (χ0) is 20.1. The Morgan fingerprint density at radius 3 is 2.00 bits per heavy atom. The maximum absolute atomic E-state index is 9.89. The Morgan fingerprint density at radius 1 is 1.50 bits per heavy atom. The summed E-state index contributed by atoms with van der Waals surface area (Å²) >= 11 is 7.64. The third-order valence-corrected chi connectivity index (χ3v) is 1.12. The Bertz CT molecular complexity index is 433. The molecule has 0 saturated carbocycles. The number of halogens is 2. The van der Waals surface area contributed by atoms with Gasteiger partial charge in [0.1, 0.15) is 15.3 Å². The molecule has 9 nitrogen and oxygen atoms in total. The van der Waals surface area contributed by atoms with Crippen molar-refractivity contribution < 1.29 is 33.1 Å². The molecule has 0 aromatic carbocycles. The number of carbonyl (C=O) groups excluding carboxylic acids is 3. The van der Waals surface area contributed by atoms with Gasteiger partial charge in [-0.1, -0.05) is 42.3 Å². The normalized spacial score (nSPS) is 8.68. The first-order valence-corrected chi connectivity index (χ1v) is 6.47. The topological polar surface area (TPSA) is 146 Å². The predicted octanol–water partition coefficient (Wildman–Crippen LogP) is 3.43. The van der Waals surface area contributed by atoms with E-state index in [-0.39, 0.29) is 19.3 Å². The van der Waals surface area contributed by atoms with Crippen LogP contribution in [0, 0.1) is 5.92 Å². The fourth-order valence-electron chi connectivity index (χ4n) is 0.293. The van der Waals surface area contributed by atoms with Gasteiger partial charge in [-0.2, -0.15) is 0 Å². The molecule has 130 valence electrons. The standard InChI is InChI=1S/C5H9ClO2.C2H3BrO.C2H3N3O.CH2O2.CH4/c1-4(2)3-8-5(6)7;3-1-2-4;3-5-4-1-2-6;2-1-3;/h4H,3H2,1-2H3;2H,1H2;2H,1H2;1H,(H,2,3);1H4/i;2*2D;1D;. The molecule has 22 heavy (non-hydrogen) atoms. The number of hydrogen-bond acceptors (Lipinski definition) is 6. The Morgan fingerprint density at radius 2 is 1.91 bits per heavy atom. The average Bonchev–Trinajstić information content (AvgIpc) is 2.43. The Balaban J connectivity index is -0.0000000725. The summed E-state index contributed by atoms with van der Waals surface area (Å²) in [4.78, 5) is 39.9. The molecule has 0 saturated heterocycles. The summed E-state index contributed by atoms with van der Waals surface area (Å²) in [5, 5.41) is 10.0. The number of carbonyl (C=O) groups is 4. The van der Waals surface area contributed by atoms with E-state index in [2.05, 4.69) is 30.7 Å². The van der Waals surface area contributed by atoms with E-state index in [1.165, 1.54) is 0 Å². The molecule has 0 radical (unpaired) electrons. The van der Waals surface area contributed by atoms with E-state index in [4.69, 9.17) is 31.1 Å². The lowest BCUT2D eigenvalue weighted by atomic mass is 10.2. The molecule has 0 atom stereocenters. The van der Waals surface area contributed by atoms with E-state index in [0.717, 1.165) is 0 Å². The van der Waals surface area contributed by atoms with Crippen LogP contribution in [0.1, 0.15) is 25.4 Å². The van der Waals surface area contributed by atoms with E-state index >= 15 is 0 Å². The highest BCUT2D eigenvalue weighted by Gasteiger charge is 1.96. The van der Waals surface area contributed by atoms with Crippen molar-refractivity contribution in [2.45, 2.75) is 21.3 Å². The first-order chi connectivity index (χ1) is 10.9. The van der Waals surface area contributed by atoms with Crippen LogP contribution >= 0.6 is 27.5 Å². The van der Waals surface area contributed by atoms with Crippen molar-refractivity contribution in [2.24, 2.45) is 11.0 Å². The molecule has 1 N–H and O–H groups in total. The summed E-state index contributed by atoms with van der Waals surface area (Å²) in [7, 11) is 0. The molecule has 11 heteroatoms. The van der Waals surface area contributed by atoms with Gasteiger partial charge in [-0.3, -0.25) is 4.79 Å². The van der Waals surface area contributed by atoms with Crippen LogP contribution in [0.25, 0.3) is 10.4 Å². The molecule has 0 unspecified atom stereocenters. The van der Waals surface area contributed by atoms with Crippen LogP contribution in [-0.4, -0.2) is 48.0 Å². The van der Waals surface area contributed by atoms with Gasteiger partial charge in [0.25, 0.3) is 6.45 Å². The largest absolute Gasteiger partial charge is 0.483 e. The highest BCUT2D eigenvalue weighted by Crippen LogP contribution is 1.94. The molecule has 0 heterocycles. The van der Waals surface area contributed by atoms with Gasteiger partial charge in [-0.15, -0.1) is 0 Å². The molecule has 0 rings (SSSR count). The number of rotatable bonds is 5. The number of carboxylic acid groups (broad SMARTS) is 1. The smallest absolute Gasteiger partial charge is 0.403 e. The SMILES string of the molecule is C.CC(C)COC(=O)Cl.[2H]C(=O)CBr.[2H]C(=O)CN=[N+]=[N-].[2H]C(=O)O. The van der Waals surface area contributed by atoms with Crippen molar-refractivity contribution in [3.63, 3.8) is 0 Å². The van der Waals surface area contributed by atoms with Crippen LogP contribution in [0.2, 0.25) is 0 Å². The van der Waals surface area contributed by atoms with Crippen LogP contribution in [0.5, 0.6) is 0 Å². The van der Waals surface area contributed by atoms with Gasteiger partial charge in [0.2, 0.25) is 0 Å². The number of hydrogen-bond donors (Lipinski definition) is 1. The van der Waals surface area contributed by atoms with E-state index in [1.54, 1.807) is 0 Å². The van der Waals surface area contributed by atoms with E-state index in [0.29, 0.717) is 12.5 Å². The molecule has 0 fully saturated rings.